The van der Waals surface area contributed by atoms with Crippen molar-refractivity contribution >= 4 is 98.1 Å². The van der Waals surface area contributed by atoms with Gasteiger partial charge in [0.15, 0.2) is 5.82 Å². The van der Waals surface area contributed by atoms with E-state index in [0.29, 0.717) is 0 Å². The first-order chi connectivity index (χ1) is 28.3. The minimum absolute atomic E-state index is 0.789. The Labute approximate surface area is 325 Å². The van der Waals surface area contributed by atoms with Crippen LogP contribution in [0.15, 0.2) is 186 Å². The van der Waals surface area contributed by atoms with Gasteiger partial charge >= 0.3 is 0 Å². The fourth-order valence-electron chi connectivity index (χ4n) is 9.44. The van der Waals surface area contributed by atoms with Gasteiger partial charge in [-0.1, -0.05) is 146 Å². The Morgan fingerprint density at radius 1 is 0.351 bits per heavy atom. The number of para-hydroxylation sites is 3. The molecule has 0 unspecified atom stereocenters. The molecule has 5 heteroatoms. The van der Waals surface area contributed by atoms with Gasteiger partial charge in [0.25, 0.3) is 0 Å². The zero-order valence-electron chi connectivity index (χ0n) is 30.5. The van der Waals surface area contributed by atoms with Crippen LogP contribution in [0.2, 0.25) is 0 Å². The maximum Gasteiger partial charge on any atom is 0.165 e. The largest absolute Gasteiger partial charge is 0.456 e. The Balaban J connectivity index is 1.24. The van der Waals surface area contributed by atoms with Crippen molar-refractivity contribution in [3.63, 3.8) is 0 Å². The summed E-state index contributed by atoms with van der Waals surface area (Å²) in [5.74, 6) is 0.789. The van der Waals surface area contributed by atoms with Crippen molar-refractivity contribution in [3.8, 4) is 22.8 Å². The van der Waals surface area contributed by atoms with Gasteiger partial charge in [-0.25, -0.2) is 9.97 Å². The fraction of sp³-hybridized carbons (Fsp3) is 0. The summed E-state index contributed by atoms with van der Waals surface area (Å²) in [7, 11) is 0. The van der Waals surface area contributed by atoms with E-state index >= 15 is 0 Å². The molecule has 9 aromatic carbocycles. The topological polar surface area (TPSA) is 48.8 Å². The van der Waals surface area contributed by atoms with Gasteiger partial charge < -0.3 is 8.98 Å². The van der Waals surface area contributed by atoms with Gasteiger partial charge in [0.2, 0.25) is 0 Å². The molecule has 4 heterocycles. The molecule has 264 valence electrons. The third-order valence-corrected chi connectivity index (χ3v) is 11.9. The normalized spacial score (nSPS) is 12.2. The summed E-state index contributed by atoms with van der Waals surface area (Å²) >= 11 is 0. The summed E-state index contributed by atoms with van der Waals surface area (Å²) in [5.41, 5.74) is 10.8. The van der Waals surface area contributed by atoms with Crippen molar-refractivity contribution < 1.29 is 4.42 Å². The van der Waals surface area contributed by atoms with E-state index in [4.69, 9.17) is 14.4 Å². The van der Waals surface area contributed by atoms with Crippen molar-refractivity contribution in [1.29, 1.82) is 0 Å². The SMILES string of the molecule is c1ccc(-c2nc3c4ccccc4c4ccccc4c3nc2-n2c3ccccc3c3ccc4c5ccccc5n(-c5ccc6c(c5)oc5ccccc56)c4c32)cc1. The van der Waals surface area contributed by atoms with Gasteiger partial charge in [-0.2, -0.15) is 0 Å². The Kier molecular flexibility index (Phi) is 6.10. The van der Waals surface area contributed by atoms with Gasteiger partial charge in [0, 0.05) is 54.7 Å². The third-order valence-electron chi connectivity index (χ3n) is 11.9. The highest BCUT2D eigenvalue weighted by Gasteiger charge is 2.25. The van der Waals surface area contributed by atoms with Crippen LogP contribution in [0.4, 0.5) is 0 Å². The molecule has 0 saturated carbocycles. The lowest BCUT2D eigenvalue weighted by atomic mass is 9.99. The van der Waals surface area contributed by atoms with E-state index in [9.17, 15) is 0 Å². The smallest absolute Gasteiger partial charge is 0.165 e. The van der Waals surface area contributed by atoms with Gasteiger partial charge in [0.05, 0.1) is 38.8 Å². The molecule has 4 aromatic heterocycles. The van der Waals surface area contributed by atoms with Crippen molar-refractivity contribution in [2.75, 3.05) is 0 Å². The number of aromatic nitrogens is 4. The maximum absolute atomic E-state index is 6.48. The minimum Gasteiger partial charge on any atom is -0.456 e. The Morgan fingerprint density at radius 2 is 0.842 bits per heavy atom. The van der Waals surface area contributed by atoms with Crippen molar-refractivity contribution in [3.05, 3.63) is 182 Å². The maximum atomic E-state index is 6.48. The van der Waals surface area contributed by atoms with Crippen molar-refractivity contribution in [2.24, 2.45) is 0 Å². The number of hydrogen-bond acceptors (Lipinski definition) is 3. The monoisotopic (exact) mass is 726 g/mol. The van der Waals surface area contributed by atoms with Gasteiger partial charge in [-0.3, -0.25) is 4.57 Å². The zero-order chi connectivity index (χ0) is 37.2. The molecule has 0 saturated heterocycles. The van der Waals surface area contributed by atoms with Crippen LogP contribution < -0.4 is 0 Å². The number of furan rings is 1. The Morgan fingerprint density at radius 3 is 1.53 bits per heavy atom. The first-order valence-corrected chi connectivity index (χ1v) is 19.3. The highest BCUT2D eigenvalue weighted by atomic mass is 16.3. The summed E-state index contributed by atoms with van der Waals surface area (Å²) in [5, 5.41) is 11.4. The standard InChI is InChI=1S/C52H30N4O/c1-2-14-31(15-3-1)47-52(54-49-40-22-7-5-17-34(40)33-16-4-6-21-39(33)48(49)53-47)56-44-24-12-9-19-36(44)42-29-28-41-35-18-8-11-23-43(35)55(50(41)51(42)56)32-26-27-38-37-20-10-13-25-45(37)57-46(38)30-32/h1-30H. The first-order valence-electron chi connectivity index (χ1n) is 19.3. The second-order valence-corrected chi connectivity index (χ2v) is 14.9. The van der Waals surface area contributed by atoms with Crippen LogP contribution in [0.1, 0.15) is 0 Å². The second kappa shape index (κ2) is 11.4. The predicted molar refractivity (Wildman–Crippen MR) is 236 cm³/mol. The lowest BCUT2D eigenvalue weighted by Gasteiger charge is -2.17. The molecular weight excluding hydrogens is 697 g/mol. The molecule has 0 aliphatic carbocycles. The van der Waals surface area contributed by atoms with E-state index in [-0.39, 0.29) is 0 Å². The lowest BCUT2D eigenvalue weighted by Crippen LogP contribution is -2.05. The number of fused-ring (bicyclic) bond motifs is 16. The first kappa shape index (κ1) is 30.6. The predicted octanol–water partition coefficient (Wildman–Crippen LogP) is 13.7. The molecule has 0 aliphatic heterocycles. The number of benzene rings is 9. The van der Waals surface area contributed by atoms with Crippen LogP contribution in [-0.4, -0.2) is 19.1 Å². The van der Waals surface area contributed by atoms with Crippen molar-refractivity contribution in [2.45, 2.75) is 0 Å². The molecule has 13 aromatic rings. The molecule has 0 N–H and O–H groups in total. The van der Waals surface area contributed by atoms with E-state index in [1.165, 1.54) is 21.5 Å². The van der Waals surface area contributed by atoms with Gasteiger partial charge in [-0.15, -0.1) is 0 Å². The molecule has 0 radical (unpaired) electrons. The number of nitrogens with zero attached hydrogens (tertiary/aromatic N) is 4. The van der Waals surface area contributed by atoms with E-state index in [0.717, 1.165) is 99.3 Å². The molecule has 0 fully saturated rings. The van der Waals surface area contributed by atoms with Crippen LogP contribution in [0.5, 0.6) is 0 Å². The lowest BCUT2D eigenvalue weighted by molar-refractivity contribution is 0.668. The molecule has 0 spiro atoms. The van der Waals surface area contributed by atoms with E-state index in [1.807, 2.05) is 12.1 Å². The quantitative estimate of drug-likeness (QED) is 0.170. The number of rotatable bonds is 3. The fourth-order valence-corrected chi connectivity index (χ4v) is 9.44. The second-order valence-electron chi connectivity index (χ2n) is 14.9. The van der Waals surface area contributed by atoms with Crippen LogP contribution in [0, 0.1) is 0 Å². The zero-order valence-corrected chi connectivity index (χ0v) is 30.5. The highest BCUT2D eigenvalue weighted by molar-refractivity contribution is 6.25. The molecule has 0 bridgehead atoms. The molecule has 0 aliphatic rings. The third kappa shape index (κ3) is 4.17. The van der Waals surface area contributed by atoms with Crippen LogP contribution in [-0.2, 0) is 0 Å². The molecule has 0 amide bonds. The minimum atomic E-state index is 0.789. The van der Waals surface area contributed by atoms with Gasteiger partial charge in [0.1, 0.15) is 16.9 Å². The van der Waals surface area contributed by atoms with Crippen LogP contribution >= 0.6 is 0 Å². The number of hydrogen-bond donors (Lipinski definition) is 0. The Hall–Kier alpha value is -7.76. The molecular formula is C52H30N4O. The molecule has 57 heavy (non-hydrogen) atoms. The Bertz CT molecular complexity index is 3810. The van der Waals surface area contributed by atoms with Crippen molar-refractivity contribution in [1.82, 2.24) is 19.1 Å². The summed E-state index contributed by atoms with van der Waals surface area (Å²) in [4.78, 5) is 11.4. The summed E-state index contributed by atoms with van der Waals surface area (Å²) < 4.78 is 11.3. The van der Waals surface area contributed by atoms with E-state index in [2.05, 4.69) is 179 Å². The van der Waals surface area contributed by atoms with Crippen LogP contribution in [0.25, 0.3) is 121 Å². The summed E-state index contributed by atoms with van der Waals surface area (Å²) in [6.45, 7) is 0. The van der Waals surface area contributed by atoms with Gasteiger partial charge in [-0.05, 0) is 41.1 Å². The van der Waals surface area contributed by atoms with Crippen LogP contribution in [0.3, 0.4) is 0 Å². The molecule has 5 nitrogen and oxygen atoms in total. The van der Waals surface area contributed by atoms with E-state index in [1.54, 1.807) is 0 Å². The summed E-state index contributed by atoms with van der Waals surface area (Å²) in [6, 6.07) is 64.5. The average molecular weight is 727 g/mol. The summed E-state index contributed by atoms with van der Waals surface area (Å²) in [6.07, 6.45) is 0. The highest BCUT2D eigenvalue weighted by Crippen LogP contribution is 2.44. The molecule has 13 rings (SSSR count). The van der Waals surface area contributed by atoms with E-state index < -0.39 is 0 Å². The molecule has 0 atom stereocenters. The average Bonchev–Trinajstić information content (AvgIpc) is 3.94.